The van der Waals surface area contributed by atoms with Gasteiger partial charge in [-0.25, -0.2) is 9.18 Å². The second-order valence-corrected chi connectivity index (χ2v) is 9.67. The van der Waals surface area contributed by atoms with Gasteiger partial charge in [0, 0.05) is 31.7 Å². The number of hydrogen-bond donors (Lipinski definition) is 1. The molecule has 3 saturated heterocycles. The summed E-state index contributed by atoms with van der Waals surface area (Å²) in [6, 6.07) is 2.28. The number of likely N-dealkylation sites (tertiary alicyclic amines) is 2. The molecule has 1 aromatic carbocycles. The van der Waals surface area contributed by atoms with E-state index in [0.29, 0.717) is 38.7 Å². The Balaban J connectivity index is 1.10. The highest BCUT2D eigenvalue weighted by atomic mass is 19.4. The lowest BCUT2D eigenvalue weighted by atomic mass is 10.0. The quantitative estimate of drug-likeness (QED) is 0.669. The van der Waals surface area contributed by atoms with Crippen LogP contribution in [0.2, 0.25) is 0 Å². The van der Waals surface area contributed by atoms with Crippen LogP contribution in [0.3, 0.4) is 0 Å². The Bertz CT molecular complexity index is 945. The maximum atomic E-state index is 14.1. The van der Waals surface area contributed by atoms with Gasteiger partial charge in [0.1, 0.15) is 12.4 Å². The zero-order chi connectivity index (χ0) is 24.0. The SMILES string of the molecule is O=C1CO[C@H]2CCN(C(=O)N3CC4CC(OCc5ccc(C(F)(F)F)cc5F)CC4C3)CC2N1. The van der Waals surface area contributed by atoms with Crippen molar-refractivity contribution in [3.63, 3.8) is 0 Å². The molecule has 1 aromatic rings. The summed E-state index contributed by atoms with van der Waals surface area (Å²) in [6.07, 6.45) is -2.60. The van der Waals surface area contributed by atoms with Crippen molar-refractivity contribution in [2.75, 3.05) is 32.8 Å². The summed E-state index contributed by atoms with van der Waals surface area (Å²) in [5, 5.41) is 2.91. The van der Waals surface area contributed by atoms with E-state index in [1.807, 2.05) is 4.90 Å². The zero-order valence-corrected chi connectivity index (χ0v) is 18.5. The minimum atomic E-state index is -4.58. The zero-order valence-electron chi connectivity index (χ0n) is 18.5. The topological polar surface area (TPSA) is 71.1 Å². The average Bonchev–Trinajstić information content (AvgIpc) is 3.35. The predicted octanol–water partition coefficient (Wildman–Crippen LogP) is 2.78. The molecule has 4 fully saturated rings. The van der Waals surface area contributed by atoms with E-state index < -0.39 is 17.6 Å². The third-order valence-electron chi connectivity index (χ3n) is 7.43. The van der Waals surface area contributed by atoms with E-state index in [9.17, 15) is 27.2 Å². The van der Waals surface area contributed by atoms with E-state index in [-0.39, 0.29) is 60.8 Å². The Morgan fingerprint density at radius 1 is 1.15 bits per heavy atom. The van der Waals surface area contributed by atoms with Gasteiger partial charge in [-0.3, -0.25) is 4.79 Å². The number of nitrogens with one attached hydrogen (secondary N) is 1. The van der Waals surface area contributed by atoms with E-state index in [0.717, 1.165) is 25.0 Å². The van der Waals surface area contributed by atoms with Crippen molar-refractivity contribution in [2.45, 2.75) is 50.3 Å². The molecule has 0 bridgehead atoms. The maximum absolute atomic E-state index is 14.1. The second-order valence-electron chi connectivity index (χ2n) is 9.67. The van der Waals surface area contributed by atoms with Crippen LogP contribution in [0.25, 0.3) is 0 Å². The van der Waals surface area contributed by atoms with Crippen molar-refractivity contribution in [3.8, 4) is 0 Å². The summed E-state index contributed by atoms with van der Waals surface area (Å²) < 4.78 is 63.6. The summed E-state index contributed by atoms with van der Waals surface area (Å²) >= 11 is 0. The Morgan fingerprint density at radius 3 is 2.56 bits per heavy atom. The molecule has 3 amide bonds. The molecule has 1 N–H and O–H groups in total. The van der Waals surface area contributed by atoms with E-state index >= 15 is 0 Å². The monoisotopic (exact) mass is 485 g/mol. The lowest BCUT2D eigenvalue weighted by Gasteiger charge is -2.42. The number of urea groups is 1. The molecule has 0 aromatic heterocycles. The van der Waals surface area contributed by atoms with Gasteiger partial charge in [0.05, 0.1) is 30.4 Å². The van der Waals surface area contributed by atoms with Crippen molar-refractivity contribution in [1.82, 2.24) is 15.1 Å². The molecular formula is C23H27F4N3O4. The largest absolute Gasteiger partial charge is 0.416 e. The van der Waals surface area contributed by atoms with Crippen LogP contribution in [0.5, 0.6) is 0 Å². The number of benzene rings is 1. The molecule has 34 heavy (non-hydrogen) atoms. The molecule has 1 saturated carbocycles. The van der Waals surface area contributed by atoms with Crippen LogP contribution in [-0.4, -0.2) is 72.8 Å². The van der Waals surface area contributed by atoms with Crippen molar-refractivity contribution in [3.05, 3.63) is 35.1 Å². The predicted molar refractivity (Wildman–Crippen MR) is 111 cm³/mol. The third-order valence-corrected chi connectivity index (χ3v) is 7.43. The van der Waals surface area contributed by atoms with Crippen molar-refractivity contribution in [1.29, 1.82) is 0 Å². The number of halogens is 4. The summed E-state index contributed by atoms with van der Waals surface area (Å²) in [7, 11) is 0. The minimum Gasteiger partial charge on any atom is -0.373 e. The third kappa shape index (κ3) is 4.72. The van der Waals surface area contributed by atoms with Gasteiger partial charge in [0.2, 0.25) is 5.91 Å². The highest BCUT2D eigenvalue weighted by Gasteiger charge is 2.45. The fraction of sp³-hybridized carbons (Fsp3) is 0.652. The van der Waals surface area contributed by atoms with Gasteiger partial charge in [-0.05, 0) is 43.2 Å². The van der Waals surface area contributed by atoms with Gasteiger partial charge < -0.3 is 24.6 Å². The molecule has 11 heteroatoms. The lowest BCUT2D eigenvalue weighted by molar-refractivity contribution is -0.140. The minimum absolute atomic E-state index is 0.0306. The highest BCUT2D eigenvalue weighted by Crippen LogP contribution is 2.40. The molecule has 1 aliphatic carbocycles. The molecule has 0 radical (unpaired) electrons. The summed E-state index contributed by atoms with van der Waals surface area (Å²) in [4.78, 5) is 28.3. The lowest BCUT2D eigenvalue weighted by Crippen LogP contribution is -2.62. The highest BCUT2D eigenvalue weighted by molar-refractivity contribution is 5.79. The summed E-state index contributed by atoms with van der Waals surface area (Å²) in [5.41, 5.74) is -0.916. The Labute approximate surface area is 194 Å². The van der Waals surface area contributed by atoms with Gasteiger partial charge in [0.15, 0.2) is 0 Å². The summed E-state index contributed by atoms with van der Waals surface area (Å²) in [6.45, 7) is 2.24. The number of alkyl halides is 3. The first kappa shape index (κ1) is 23.3. The standard InChI is InChI=1S/C23H27F4N3O4/c24-18-7-16(23(25,26)27)2-1-13(18)11-33-17-5-14-8-30(9-15(14)6-17)22(32)29-4-3-20-19(10-29)28-21(31)12-34-20/h1-2,7,14-15,17,19-20H,3-6,8-12H2,(H,28,31)/t14?,15?,17?,19?,20-/m0/s1. The number of hydrogen-bond acceptors (Lipinski definition) is 4. The number of morpholine rings is 1. The van der Waals surface area contributed by atoms with Crippen LogP contribution >= 0.6 is 0 Å². The van der Waals surface area contributed by atoms with Crippen LogP contribution in [0.15, 0.2) is 18.2 Å². The molecular weight excluding hydrogens is 458 g/mol. The van der Waals surface area contributed by atoms with Crippen LogP contribution in [0.1, 0.15) is 30.4 Å². The second kappa shape index (κ2) is 8.99. The van der Waals surface area contributed by atoms with Gasteiger partial charge in [-0.15, -0.1) is 0 Å². The van der Waals surface area contributed by atoms with Gasteiger partial charge in [0.25, 0.3) is 0 Å². The normalized spacial score (nSPS) is 31.3. The average molecular weight is 485 g/mol. The molecule has 3 unspecified atom stereocenters. The number of carbonyl (C=O) groups is 2. The van der Waals surface area contributed by atoms with Crippen LogP contribution in [-0.2, 0) is 27.1 Å². The molecule has 3 aliphatic heterocycles. The number of amides is 3. The van der Waals surface area contributed by atoms with E-state index in [2.05, 4.69) is 5.32 Å². The maximum Gasteiger partial charge on any atom is 0.416 e. The number of piperidine rings is 1. The molecule has 7 nitrogen and oxygen atoms in total. The summed E-state index contributed by atoms with van der Waals surface area (Å²) in [5.74, 6) is -0.523. The smallest absolute Gasteiger partial charge is 0.373 e. The molecule has 5 rings (SSSR count). The fourth-order valence-corrected chi connectivity index (χ4v) is 5.66. The molecule has 3 heterocycles. The molecule has 186 valence electrons. The van der Waals surface area contributed by atoms with Gasteiger partial charge >= 0.3 is 12.2 Å². The van der Waals surface area contributed by atoms with Crippen LogP contribution < -0.4 is 5.32 Å². The Morgan fingerprint density at radius 2 is 1.88 bits per heavy atom. The number of ether oxygens (including phenoxy) is 2. The first-order chi connectivity index (χ1) is 16.2. The molecule has 4 atom stereocenters. The van der Waals surface area contributed by atoms with Crippen LogP contribution in [0, 0.1) is 17.7 Å². The molecule has 0 spiro atoms. The van der Waals surface area contributed by atoms with E-state index in [1.165, 1.54) is 0 Å². The van der Waals surface area contributed by atoms with Crippen molar-refractivity contribution >= 4 is 11.9 Å². The van der Waals surface area contributed by atoms with Gasteiger partial charge in [-0.2, -0.15) is 13.2 Å². The molecule has 4 aliphatic rings. The van der Waals surface area contributed by atoms with Crippen LogP contribution in [0.4, 0.5) is 22.4 Å². The van der Waals surface area contributed by atoms with Gasteiger partial charge in [-0.1, -0.05) is 6.07 Å². The first-order valence-corrected chi connectivity index (χ1v) is 11.6. The van der Waals surface area contributed by atoms with E-state index in [1.54, 1.807) is 4.90 Å². The van der Waals surface area contributed by atoms with Crippen molar-refractivity contribution in [2.24, 2.45) is 11.8 Å². The number of nitrogens with zero attached hydrogens (tertiary/aromatic N) is 2. The number of carbonyl (C=O) groups excluding carboxylic acids is 2. The number of rotatable bonds is 3. The Kier molecular flexibility index (Phi) is 6.18. The first-order valence-electron chi connectivity index (χ1n) is 11.6. The fourth-order valence-electron chi connectivity index (χ4n) is 5.66. The number of fused-ring (bicyclic) bond motifs is 2. The van der Waals surface area contributed by atoms with Crippen molar-refractivity contribution < 1.29 is 36.6 Å². The van der Waals surface area contributed by atoms with E-state index in [4.69, 9.17) is 9.47 Å². The Hall–Kier alpha value is -2.40.